The quantitative estimate of drug-likeness (QED) is 0.589. The lowest BCUT2D eigenvalue weighted by molar-refractivity contribution is -0.137. The van der Waals surface area contributed by atoms with Gasteiger partial charge < -0.3 is 14.2 Å². The van der Waals surface area contributed by atoms with Crippen LogP contribution in [0.2, 0.25) is 0 Å². The third-order valence-corrected chi connectivity index (χ3v) is 6.07. The Kier molecular flexibility index (Phi) is 7.98. The minimum absolute atomic E-state index is 0.0182. The maximum Gasteiger partial charge on any atom is 0.249 e. The van der Waals surface area contributed by atoms with Crippen LogP contribution < -0.4 is 0 Å². The third-order valence-electron chi connectivity index (χ3n) is 4.47. The van der Waals surface area contributed by atoms with Crippen molar-refractivity contribution in [3.8, 4) is 0 Å². The van der Waals surface area contributed by atoms with Gasteiger partial charge in [-0.05, 0) is 25.3 Å². The molecule has 0 atom stereocenters. The Morgan fingerprint density at radius 1 is 1.17 bits per heavy atom. The van der Waals surface area contributed by atoms with Gasteiger partial charge in [-0.25, -0.2) is 13.4 Å². The van der Waals surface area contributed by atoms with Crippen LogP contribution >= 0.6 is 0 Å². The normalized spacial score (nSPS) is 12.0. The van der Waals surface area contributed by atoms with Crippen LogP contribution in [0.25, 0.3) is 0 Å². The van der Waals surface area contributed by atoms with Crippen LogP contribution in [0.4, 0.5) is 0 Å². The molecule has 7 nitrogen and oxygen atoms in total. The molecule has 2 rings (SSSR count). The van der Waals surface area contributed by atoms with Crippen LogP contribution in [0.15, 0.2) is 41.7 Å². The average Bonchev–Trinajstić information content (AvgIpc) is 3.02. The van der Waals surface area contributed by atoms with Gasteiger partial charge in [-0.1, -0.05) is 44.2 Å². The van der Waals surface area contributed by atoms with E-state index in [2.05, 4.69) is 4.98 Å². The van der Waals surface area contributed by atoms with Gasteiger partial charge in [-0.3, -0.25) is 4.79 Å². The van der Waals surface area contributed by atoms with Gasteiger partial charge in [0, 0.05) is 19.7 Å². The van der Waals surface area contributed by atoms with Gasteiger partial charge in [0.25, 0.3) is 0 Å². The summed E-state index contributed by atoms with van der Waals surface area (Å²) >= 11 is 0. The lowest BCUT2D eigenvalue weighted by atomic mass is 10.2. The van der Waals surface area contributed by atoms with Crippen LogP contribution in [0, 0.1) is 5.92 Å². The van der Waals surface area contributed by atoms with Crippen molar-refractivity contribution in [3.63, 3.8) is 0 Å². The molecule has 1 heterocycles. The number of carbonyl (C=O) groups is 1. The van der Waals surface area contributed by atoms with Crippen molar-refractivity contribution in [2.45, 2.75) is 57.7 Å². The lowest BCUT2D eigenvalue weighted by Gasteiger charge is -2.27. The van der Waals surface area contributed by atoms with Crippen molar-refractivity contribution >= 4 is 15.7 Å². The molecule has 1 aromatic heterocycles. The highest BCUT2D eigenvalue weighted by Crippen LogP contribution is 2.21. The zero-order chi connectivity index (χ0) is 21.6. The summed E-state index contributed by atoms with van der Waals surface area (Å²) in [5.41, 5.74) is 1.41. The Morgan fingerprint density at radius 2 is 1.83 bits per heavy atom. The first-order chi connectivity index (χ1) is 13.7. The molecule has 0 radical (unpaired) electrons. The summed E-state index contributed by atoms with van der Waals surface area (Å²) in [7, 11) is -2.15. The molecule has 0 saturated carbocycles. The van der Waals surface area contributed by atoms with Gasteiger partial charge in [-0.2, -0.15) is 0 Å². The average molecular weight is 422 g/mol. The van der Waals surface area contributed by atoms with Crippen LogP contribution in [0.1, 0.15) is 39.0 Å². The Hall–Kier alpha value is -2.19. The molecular formula is C21H31N3O4S. The number of rotatable bonds is 10. The van der Waals surface area contributed by atoms with E-state index >= 15 is 0 Å². The summed E-state index contributed by atoms with van der Waals surface area (Å²) in [4.78, 5) is 18.4. The number of carbonyl (C=O) groups excluding carboxylic acids is 1. The number of amides is 1. The monoisotopic (exact) mass is 421 g/mol. The molecule has 0 fully saturated rings. The van der Waals surface area contributed by atoms with E-state index in [1.807, 2.05) is 45.9 Å². The van der Waals surface area contributed by atoms with Crippen molar-refractivity contribution in [1.29, 1.82) is 0 Å². The van der Waals surface area contributed by atoms with Gasteiger partial charge in [0.15, 0.2) is 0 Å². The molecule has 1 aromatic carbocycles. The molecule has 0 unspecified atom stereocenters. The summed E-state index contributed by atoms with van der Waals surface area (Å²) in [5, 5.41) is 0.0490. The molecule has 0 saturated heterocycles. The highest BCUT2D eigenvalue weighted by molar-refractivity contribution is 7.90. The smallest absolute Gasteiger partial charge is 0.249 e. The summed E-state index contributed by atoms with van der Waals surface area (Å²) < 4.78 is 32.9. The zero-order valence-electron chi connectivity index (χ0n) is 17.8. The van der Waals surface area contributed by atoms with E-state index in [0.717, 1.165) is 0 Å². The second-order valence-electron chi connectivity index (χ2n) is 7.83. The van der Waals surface area contributed by atoms with Crippen LogP contribution in [0.5, 0.6) is 0 Å². The standard InChI is InChI=1S/C21H31N3O4S/c1-16(2)12-24-19(13-23(17(3)4)20(25)14-28-5)11-22-21(24)29(26,27)15-18-9-7-6-8-10-18/h6-11,16-17H,12-15H2,1-5H3. The molecule has 160 valence electrons. The number of nitrogens with zero attached hydrogens (tertiary/aromatic N) is 3. The largest absolute Gasteiger partial charge is 0.375 e. The number of aromatic nitrogens is 2. The number of benzene rings is 1. The van der Waals surface area contributed by atoms with Gasteiger partial charge in [0.1, 0.15) is 6.61 Å². The summed E-state index contributed by atoms with van der Waals surface area (Å²) in [6.45, 7) is 8.65. The zero-order valence-corrected chi connectivity index (χ0v) is 18.6. The molecule has 8 heteroatoms. The van der Waals surface area contributed by atoms with Crippen molar-refractivity contribution in [1.82, 2.24) is 14.5 Å². The fraction of sp³-hybridized carbons (Fsp3) is 0.524. The molecule has 0 N–H and O–H groups in total. The highest BCUT2D eigenvalue weighted by Gasteiger charge is 2.26. The lowest BCUT2D eigenvalue weighted by Crippen LogP contribution is -2.39. The third kappa shape index (κ3) is 6.14. The van der Waals surface area contributed by atoms with Gasteiger partial charge in [0.2, 0.25) is 20.9 Å². The van der Waals surface area contributed by atoms with Gasteiger partial charge >= 0.3 is 0 Å². The van der Waals surface area contributed by atoms with Crippen molar-refractivity contribution < 1.29 is 17.9 Å². The molecule has 0 aliphatic heterocycles. The second kappa shape index (κ2) is 10.0. The number of ether oxygens (including phenoxy) is 1. The molecule has 0 aliphatic carbocycles. The SMILES string of the molecule is COCC(=O)N(Cc1cnc(S(=O)(=O)Cc2ccccc2)n1CC(C)C)C(C)C. The fourth-order valence-electron chi connectivity index (χ4n) is 3.12. The van der Waals surface area contributed by atoms with Gasteiger partial charge in [-0.15, -0.1) is 0 Å². The van der Waals surface area contributed by atoms with Crippen LogP contribution in [-0.4, -0.2) is 48.5 Å². The number of sulfone groups is 1. The van der Waals surface area contributed by atoms with Crippen LogP contribution in [0.3, 0.4) is 0 Å². The molecule has 0 spiro atoms. The first kappa shape index (κ1) is 23.1. The topological polar surface area (TPSA) is 81.5 Å². The second-order valence-corrected chi connectivity index (χ2v) is 9.71. The van der Waals surface area contributed by atoms with E-state index in [4.69, 9.17) is 4.74 Å². The highest BCUT2D eigenvalue weighted by atomic mass is 32.2. The van der Waals surface area contributed by atoms with E-state index in [9.17, 15) is 13.2 Å². The summed E-state index contributed by atoms with van der Waals surface area (Å²) in [6, 6.07) is 9.02. The number of hydrogen-bond acceptors (Lipinski definition) is 5. The predicted octanol–water partition coefficient (Wildman–Crippen LogP) is 2.90. The molecule has 29 heavy (non-hydrogen) atoms. The Bertz CT molecular complexity index is 905. The Morgan fingerprint density at radius 3 is 2.38 bits per heavy atom. The molecule has 2 aromatic rings. The van der Waals surface area contributed by atoms with Gasteiger partial charge in [0.05, 0.1) is 24.2 Å². The van der Waals surface area contributed by atoms with Crippen LogP contribution in [-0.2, 0) is 38.2 Å². The van der Waals surface area contributed by atoms with Crippen molar-refractivity contribution in [3.05, 3.63) is 47.8 Å². The number of hydrogen-bond donors (Lipinski definition) is 0. The van der Waals surface area contributed by atoms with E-state index in [0.29, 0.717) is 17.8 Å². The first-order valence-corrected chi connectivity index (χ1v) is 11.4. The minimum Gasteiger partial charge on any atom is -0.375 e. The molecule has 0 bridgehead atoms. The molecule has 0 aliphatic rings. The minimum atomic E-state index is -3.63. The van der Waals surface area contributed by atoms with E-state index < -0.39 is 9.84 Å². The van der Waals surface area contributed by atoms with Crippen molar-refractivity contribution in [2.75, 3.05) is 13.7 Å². The maximum absolute atomic E-state index is 13.1. The maximum atomic E-state index is 13.1. The Labute approximate surface area is 173 Å². The van der Waals surface area contributed by atoms with E-state index in [1.165, 1.54) is 7.11 Å². The van der Waals surface area contributed by atoms with E-state index in [-0.39, 0.29) is 41.9 Å². The fourth-order valence-corrected chi connectivity index (χ4v) is 4.63. The first-order valence-electron chi connectivity index (χ1n) is 9.75. The molecule has 1 amide bonds. The molecular weight excluding hydrogens is 390 g/mol. The van der Waals surface area contributed by atoms with E-state index in [1.54, 1.807) is 27.8 Å². The Balaban J connectivity index is 2.40. The number of imidazole rings is 1. The summed E-state index contributed by atoms with van der Waals surface area (Å²) in [6.07, 6.45) is 1.57. The van der Waals surface area contributed by atoms with Crippen molar-refractivity contribution in [2.24, 2.45) is 5.92 Å². The summed E-state index contributed by atoms with van der Waals surface area (Å²) in [5.74, 6) is -0.0388. The number of methoxy groups -OCH3 is 1. The predicted molar refractivity (Wildman–Crippen MR) is 112 cm³/mol.